The molecule has 4 heteroatoms. The van der Waals surface area contributed by atoms with Crippen molar-refractivity contribution in [3.8, 4) is 0 Å². The van der Waals surface area contributed by atoms with Crippen LogP contribution in [0.25, 0.3) is 0 Å². The van der Waals surface area contributed by atoms with Gasteiger partial charge in [-0.25, -0.2) is 0 Å². The van der Waals surface area contributed by atoms with Crippen molar-refractivity contribution >= 4 is 0 Å². The number of rotatable bonds is 2. The van der Waals surface area contributed by atoms with Crippen LogP contribution in [0, 0.1) is 0 Å². The quantitative estimate of drug-likeness (QED) is 0.836. The average molecular weight is 249 g/mol. The minimum absolute atomic E-state index is 0.114. The number of aliphatic hydroxyl groups excluding tert-OH is 1. The van der Waals surface area contributed by atoms with Gasteiger partial charge >= 0.3 is 0 Å². The molecule has 3 rings (SSSR count). The van der Waals surface area contributed by atoms with Crippen LogP contribution in [0.4, 0.5) is 0 Å². The van der Waals surface area contributed by atoms with Crippen LogP contribution in [0.15, 0.2) is 18.3 Å². The standard InChI is InChI=1S/C14H23N3O/c1-11-7-17-10-14(18)6-13(17)9-16(11)8-12-4-3-5-15(12)2/h3-5,11,13-14,18H,6-10H2,1-2H3/t11-,13?,14+/m0/s1. The zero-order valence-electron chi connectivity index (χ0n) is 11.3. The lowest BCUT2D eigenvalue weighted by atomic mass is 10.1. The minimum atomic E-state index is -0.114. The maximum atomic E-state index is 9.77. The van der Waals surface area contributed by atoms with Crippen LogP contribution in [-0.2, 0) is 13.6 Å². The van der Waals surface area contributed by atoms with Crippen molar-refractivity contribution in [2.24, 2.45) is 7.05 Å². The van der Waals surface area contributed by atoms with Crippen molar-refractivity contribution in [1.82, 2.24) is 14.4 Å². The van der Waals surface area contributed by atoms with Gasteiger partial charge in [-0.1, -0.05) is 0 Å². The van der Waals surface area contributed by atoms with E-state index in [-0.39, 0.29) is 6.10 Å². The Morgan fingerprint density at radius 1 is 1.33 bits per heavy atom. The molecule has 1 aromatic heterocycles. The van der Waals surface area contributed by atoms with Crippen LogP contribution in [0.2, 0.25) is 0 Å². The lowest BCUT2D eigenvalue weighted by Crippen LogP contribution is -2.54. The van der Waals surface area contributed by atoms with Gasteiger partial charge in [-0.3, -0.25) is 9.80 Å². The normalized spacial score (nSPS) is 33.8. The first-order chi connectivity index (χ1) is 8.63. The molecule has 4 nitrogen and oxygen atoms in total. The SMILES string of the molecule is C[C@H]1CN2C[C@H](O)CC2CN1Cc1cccn1C. The molecule has 2 saturated heterocycles. The lowest BCUT2D eigenvalue weighted by Gasteiger charge is -2.42. The molecule has 0 bridgehead atoms. The third-order valence-corrected chi connectivity index (χ3v) is 4.49. The molecule has 100 valence electrons. The van der Waals surface area contributed by atoms with Crippen LogP contribution >= 0.6 is 0 Å². The van der Waals surface area contributed by atoms with Crippen LogP contribution in [0.5, 0.6) is 0 Å². The Bertz CT molecular complexity index is 417. The molecule has 0 saturated carbocycles. The van der Waals surface area contributed by atoms with Crippen LogP contribution in [0.1, 0.15) is 19.0 Å². The highest BCUT2D eigenvalue weighted by Crippen LogP contribution is 2.26. The molecular weight excluding hydrogens is 226 g/mol. The van der Waals surface area contributed by atoms with Crippen LogP contribution in [0.3, 0.4) is 0 Å². The number of fused-ring (bicyclic) bond motifs is 1. The van der Waals surface area contributed by atoms with Gasteiger partial charge in [0.1, 0.15) is 0 Å². The van der Waals surface area contributed by atoms with E-state index in [1.54, 1.807) is 0 Å². The Morgan fingerprint density at radius 3 is 2.89 bits per heavy atom. The third-order valence-electron chi connectivity index (χ3n) is 4.49. The van der Waals surface area contributed by atoms with E-state index in [4.69, 9.17) is 0 Å². The Morgan fingerprint density at radius 2 is 2.17 bits per heavy atom. The average Bonchev–Trinajstić information content (AvgIpc) is 2.85. The molecule has 0 aromatic carbocycles. The van der Waals surface area contributed by atoms with Crippen molar-refractivity contribution in [3.05, 3.63) is 24.0 Å². The smallest absolute Gasteiger partial charge is 0.0682 e. The van der Waals surface area contributed by atoms with E-state index in [0.717, 1.165) is 32.6 Å². The second kappa shape index (κ2) is 4.68. The summed E-state index contributed by atoms with van der Waals surface area (Å²) in [6, 6.07) is 5.43. The molecule has 2 aliphatic rings. The number of aliphatic hydroxyl groups is 1. The lowest BCUT2D eigenvalue weighted by molar-refractivity contribution is 0.0515. The number of aryl methyl sites for hydroxylation is 1. The second-order valence-corrected chi connectivity index (χ2v) is 5.89. The molecule has 3 atom stereocenters. The summed E-state index contributed by atoms with van der Waals surface area (Å²) in [6.07, 6.45) is 2.93. The number of hydrogen-bond acceptors (Lipinski definition) is 3. The molecule has 1 unspecified atom stereocenters. The number of aromatic nitrogens is 1. The van der Waals surface area contributed by atoms with E-state index >= 15 is 0 Å². The van der Waals surface area contributed by atoms with Crippen LogP contribution < -0.4 is 0 Å². The number of hydrogen-bond donors (Lipinski definition) is 1. The van der Waals surface area contributed by atoms with Gasteiger partial charge in [0.25, 0.3) is 0 Å². The molecule has 1 N–H and O–H groups in total. The highest BCUT2D eigenvalue weighted by Gasteiger charge is 2.38. The maximum absolute atomic E-state index is 9.77. The van der Waals surface area contributed by atoms with Crippen LogP contribution in [-0.4, -0.2) is 57.3 Å². The topological polar surface area (TPSA) is 31.6 Å². The monoisotopic (exact) mass is 249 g/mol. The summed E-state index contributed by atoms with van der Waals surface area (Å²) >= 11 is 0. The van der Waals surface area contributed by atoms with Crippen molar-refractivity contribution in [1.29, 1.82) is 0 Å². The van der Waals surface area contributed by atoms with Gasteiger partial charge in [0, 0.05) is 57.2 Å². The predicted octanol–water partition coefficient (Wildman–Crippen LogP) is 0.664. The van der Waals surface area contributed by atoms with Crippen molar-refractivity contribution < 1.29 is 5.11 Å². The number of piperazine rings is 1. The summed E-state index contributed by atoms with van der Waals surface area (Å²) in [7, 11) is 2.11. The fourth-order valence-electron chi connectivity index (χ4n) is 3.37. The highest BCUT2D eigenvalue weighted by atomic mass is 16.3. The molecule has 0 radical (unpaired) electrons. The summed E-state index contributed by atoms with van der Waals surface area (Å²) < 4.78 is 2.20. The van der Waals surface area contributed by atoms with E-state index < -0.39 is 0 Å². The summed E-state index contributed by atoms with van der Waals surface area (Å²) in [5.74, 6) is 0. The van der Waals surface area contributed by atoms with Crippen molar-refractivity contribution in [2.75, 3.05) is 19.6 Å². The zero-order chi connectivity index (χ0) is 12.7. The van der Waals surface area contributed by atoms with Gasteiger partial charge in [0.15, 0.2) is 0 Å². The summed E-state index contributed by atoms with van der Waals surface area (Å²) in [5.41, 5.74) is 1.37. The molecule has 2 fully saturated rings. The fourth-order valence-corrected chi connectivity index (χ4v) is 3.37. The van der Waals surface area contributed by atoms with E-state index in [0.29, 0.717) is 12.1 Å². The van der Waals surface area contributed by atoms with E-state index in [9.17, 15) is 5.11 Å². The van der Waals surface area contributed by atoms with Gasteiger partial charge in [-0.2, -0.15) is 0 Å². The first-order valence-corrected chi connectivity index (χ1v) is 6.90. The minimum Gasteiger partial charge on any atom is -0.392 e. The second-order valence-electron chi connectivity index (χ2n) is 5.89. The van der Waals surface area contributed by atoms with Crippen molar-refractivity contribution in [2.45, 2.75) is 38.1 Å². The summed E-state index contributed by atoms with van der Waals surface area (Å²) in [5, 5.41) is 9.77. The summed E-state index contributed by atoms with van der Waals surface area (Å²) in [4.78, 5) is 5.01. The maximum Gasteiger partial charge on any atom is 0.0682 e. The van der Waals surface area contributed by atoms with Gasteiger partial charge in [0.05, 0.1) is 6.10 Å². The molecule has 18 heavy (non-hydrogen) atoms. The highest BCUT2D eigenvalue weighted by molar-refractivity contribution is 5.07. The van der Waals surface area contributed by atoms with E-state index in [2.05, 4.69) is 46.7 Å². The van der Waals surface area contributed by atoms with Gasteiger partial charge in [-0.05, 0) is 25.5 Å². The Kier molecular flexibility index (Phi) is 3.18. The molecule has 0 spiro atoms. The molecule has 3 heterocycles. The van der Waals surface area contributed by atoms with E-state index in [1.165, 1.54) is 5.69 Å². The first kappa shape index (κ1) is 12.2. The molecular formula is C14H23N3O. The predicted molar refractivity (Wildman–Crippen MR) is 71.3 cm³/mol. The first-order valence-electron chi connectivity index (χ1n) is 6.90. The van der Waals surface area contributed by atoms with Gasteiger partial charge < -0.3 is 9.67 Å². The molecule has 0 aliphatic carbocycles. The Labute approximate surface area is 109 Å². The Balaban J connectivity index is 1.68. The number of nitrogens with zero attached hydrogens (tertiary/aromatic N) is 3. The van der Waals surface area contributed by atoms with E-state index in [1.807, 2.05) is 0 Å². The van der Waals surface area contributed by atoms with Gasteiger partial charge in [-0.15, -0.1) is 0 Å². The fraction of sp³-hybridized carbons (Fsp3) is 0.714. The molecule has 1 aromatic rings. The van der Waals surface area contributed by atoms with Crippen molar-refractivity contribution in [3.63, 3.8) is 0 Å². The molecule has 0 amide bonds. The third kappa shape index (κ3) is 2.20. The largest absolute Gasteiger partial charge is 0.392 e. The summed E-state index contributed by atoms with van der Waals surface area (Å²) in [6.45, 7) is 6.36. The zero-order valence-corrected chi connectivity index (χ0v) is 11.3. The Hall–Kier alpha value is -0.840. The molecule has 2 aliphatic heterocycles. The van der Waals surface area contributed by atoms with Gasteiger partial charge in [0.2, 0.25) is 0 Å².